The summed E-state index contributed by atoms with van der Waals surface area (Å²) in [6, 6.07) is 4.68. The van der Waals surface area contributed by atoms with Crippen molar-refractivity contribution >= 4 is 33.9 Å². The van der Waals surface area contributed by atoms with Gasteiger partial charge in [-0.1, -0.05) is 6.07 Å². The largest absolute Gasteiger partial charge is 0.496 e. The van der Waals surface area contributed by atoms with Gasteiger partial charge in [0.1, 0.15) is 11.8 Å². The Morgan fingerprint density at radius 1 is 1.43 bits per heavy atom. The minimum absolute atomic E-state index is 0.195. The van der Waals surface area contributed by atoms with Crippen LogP contribution in [0.4, 0.5) is 0 Å². The van der Waals surface area contributed by atoms with E-state index in [9.17, 15) is 9.59 Å². The number of methoxy groups -OCH3 is 1. The molecule has 7 heteroatoms. The summed E-state index contributed by atoms with van der Waals surface area (Å²) in [6.45, 7) is 0.488. The summed E-state index contributed by atoms with van der Waals surface area (Å²) in [5.74, 6) is -0.465. The van der Waals surface area contributed by atoms with Crippen molar-refractivity contribution in [3.8, 4) is 5.75 Å². The SMILES string of the molecule is COc1ccc(/C=C/C(=O)NCCCC[C@@H](N)C(=O)O)cc1Br. The third kappa shape index (κ3) is 7.30. The highest BCUT2D eigenvalue weighted by molar-refractivity contribution is 9.10. The lowest BCUT2D eigenvalue weighted by molar-refractivity contribution is -0.138. The number of unbranched alkanes of at least 4 members (excludes halogenated alkanes) is 1. The Hall–Kier alpha value is -1.86. The maximum Gasteiger partial charge on any atom is 0.320 e. The second kappa shape index (κ2) is 10.0. The standard InChI is InChI=1S/C16H21BrN2O4/c1-23-14-7-5-11(10-12(14)17)6-8-15(20)19-9-3-2-4-13(18)16(21)22/h5-8,10,13H,2-4,9,18H2,1H3,(H,19,20)(H,21,22)/b8-6+/t13-/m1/s1. The van der Waals surface area contributed by atoms with Crippen LogP contribution in [0, 0.1) is 0 Å². The minimum atomic E-state index is -0.998. The number of carboxylic acid groups (broad SMARTS) is 1. The van der Waals surface area contributed by atoms with Gasteiger partial charge in [0.2, 0.25) is 5.91 Å². The predicted octanol–water partition coefficient (Wildman–Crippen LogP) is 2.17. The molecule has 0 spiro atoms. The Bertz CT molecular complexity index is 575. The quantitative estimate of drug-likeness (QED) is 0.447. The van der Waals surface area contributed by atoms with Gasteiger partial charge in [-0.2, -0.15) is 0 Å². The first-order valence-electron chi connectivity index (χ1n) is 7.22. The first-order chi connectivity index (χ1) is 10.9. The summed E-state index contributed by atoms with van der Waals surface area (Å²) < 4.78 is 5.95. The highest BCUT2D eigenvalue weighted by atomic mass is 79.9. The van der Waals surface area contributed by atoms with Gasteiger partial charge in [0.15, 0.2) is 0 Å². The van der Waals surface area contributed by atoms with Crippen LogP contribution in [0.15, 0.2) is 28.7 Å². The number of amides is 1. The van der Waals surface area contributed by atoms with Crippen molar-refractivity contribution in [3.63, 3.8) is 0 Å². The Kier molecular flexibility index (Phi) is 8.36. The maximum atomic E-state index is 11.7. The molecule has 1 aromatic carbocycles. The first-order valence-corrected chi connectivity index (χ1v) is 8.01. The zero-order valence-corrected chi connectivity index (χ0v) is 14.5. The average molecular weight is 385 g/mol. The molecular weight excluding hydrogens is 364 g/mol. The molecule has 126 valence electrons. The summed E-state index contributed by atoms with van der Waals surface area (Å²) in [4.78, 5) is 22.2. The lowest BCUT2D eigenvalue weighted by Gasteiger charge is -2.06. The fraction of sp³-hybridized carbons (Fsp3) is 0.375. The molecule has 6 nitrogen and oxygen atoms in total. The minimum Gasteiger partial charge on any atom is -0.496 e. The Morgan fingerprint density at radius 3 is 2.78 bits per heavy atom. The normalized spacial score (nSPS) is 12.1. The molecule has 1 amide bonds. The van der Waals surface area contributed by atoms with Crippen molar-refractivity contribution < 1.29 is 19.4 Å². The van der Waals surface area contributed by atoms with Crippen molar-refractivity contribution in [2.45, 2.75) is 25.3 Å². The van der Waals surface area contributed by atoms with E-state index in [4.69, 9.17) is 15.6 Å². The van der Waals surface area contributed by atoms with Crippen molar-refractivity contribution in [1.82, 2.24) is 5.32 Å². The first kappa shape index (κ1) is 19.2. The van der Waals surface area contributed by atoms with Crippen LogP contribution in [0.2, 0.25) is 0 Å². The highest BCUT2D eigenvalue weighted by Gasteiger charge is 2.09. The molecule has 0 aliphatic heterocycles. The van der Waals surface area contributed by atoms with E-state index in [1.54, 1.807) is 13.2 Å². The number of nitrogens with one attached hydrogen (secondary N) is 1. The molecule has 1 rings (SSSR count). The summed E-state index contributed by atoms with van der Waals surface area (Å²) in [5.41, 5.74) is 6.27. The molecule has 0 unspecified atom stereocenters. The topological polar surface area (TPSA) is 102 Å². The van der Waals surface area contributed by atoms with Crippen molar-refractivity contribution in [2.75, 3.05) is 13.7 Å². The van der Waals surface area contributed by atoms with Crippen LogP contribution in [-0.2, 0) is 9.59 Å². The summed E-state index contributed by atoms with van der Waals surface area (Å²) in [6.07, 6.45) is 4.91. The number of ether oxygens (including phenoxy) is 1. The molecule has 0 heterocycles. The summed E-state index contributed by atoms with van der Waals surface area (Å²) in [5, 5.41) is 11.4. The summed E-state index contributed by atoms with van der Waals surface area (Å²) in [7, 11) is 1.59. The van der Waals surface area contributed by atoms with Crippen molar-refractivity contribution in [2.24, 2.45) is 5.73 Å². The molecule has 23 heavy (non-hydrogen) atoms. The third-order valence-electron chi connectivity index (χ3n) is 3.16. The van der Waals surface area contributed by atoms with Gasteiger partial charge in [0.25, 0.3) is 0 Å². The van der Waals surface area contributed by atoms with Crippen molar-refractivity contribution in [3.05, 3.63) is 34.3 Å². The Labute approximate surface area is 143 Å². The lowest BCUT2D eigenvalue weighted by atomic mass is 10.1. The fourth-order valence-electron chi connectivity index (χ4n) is 1.84. The number of carbonyl (C=O) groups is 2. The zero-order chi connectivity index (χ0) is 17.2. The van der Waals surface area contributed by atoms with E-state index in [-0.39, 0.29) is 5.91 Å². The third-order valence-corrected chi connectivity index (χ3v) is 3.78. The van der Waals surface area contributed by atoms with E-state index in [1.807, 2.05) is 18.2 Å². The second-order valence-corrected chi connectivity index (χ2v) is 5.81. The van der Waals surface area contributed by atoms with Crippen LogP contribution in [0.5, 0.6) is 5.75 Å². The number of nitrogens with two attached hydrogens (primary N) is 1. The molecule has 4 N–H and O–H groups in total. The van der Waals surface area contributed by atoms with Gasteiger partial charge < -0.3 is 20.9 Å². The number of carboxylic acids is 1. The molecule has 0 saturated heterocycles. The van der Waals surface area contributed by atoms with Crippen LogP contribution in [0.25, 0.3) is 6.08 Å². The predicted molar refractivity (Wildman–Crippen MR) is 92.2 cm³/mol. The molecule has 0 aliphatic rings. The molecule has 1 atom stereocenters. The molecule has 0 aliphatic carbocycles. The molecular formula is C16H21BrN2O4. The van der Waals surface area contributed by atoms with Crippen LogP contribution < -0.4 is 15.8 Å². The second-order valence-electron chi connectivity index (χ2n) is 4.96. The molecule has 0 fully saturated rings. The Morgan fingerprint density at radius 2 is 2.17 bits per heavy atom. The fourth-order valence-corrected chi connectivity index (χ4v) is 2.40. The van der Waals surface area contributed by atoms with Gasteiger partial charge >= 0.3 is 5.97 Å². The van der Waals surface area contributed by atoms with Crippen LogP contribution in [-0.4, -0.2) is 36.7 Å². The Balaban J connectivity index is 2.31. The number of hydrogen-bond donors (Lipinski definition) is 3. The van der Waals surface area contributed by atoms with E-state index in [0.29, 0.717) is 25.8 Å². The number of carbonyl (C=O) groups excluding carboxylic acids is 1. The van der Waals surface area contributed by atoms with E-state index in [1.165, 1.54) is 6.08 Å². The number of hydrogen-bond acceptors (Lipinski definition) is 4. The number of rotatable bonds is 9. The lowest BCUT2D eigenvalue weighted by Crippen LogP contribution is -2.30. The van der Waals surface area contributed by atoms with E-state index < -0.39 is 12.0 Å². The van der Waals surface area contributed by atoms with Gasteiger partial charge in [-0.05, 0) is 59.0 Å². The molecule has 0 aromatic heterocycles. The molecule has 0 radical (unpaired) electrons. The van der Waals surface area contributed by atoms with Gasteiger partial charge in [-0.15, -0.1) is 0 Å². The summed E-state index contributed by atoms with van der Waals surface area (Å²) >= 11 is 3.38. The number of benzene rings is 1. The van der Waals surface area contributed by atoms with Crippen molar-refractivity contribution in [1.29, 1.82) is 0 Å². The van der Waals surface area contributed by atoms with Gasteiger partial charge in [0.05, 0.1) is 11.6 Å². The smallest absolute Gasteiger partial charge is 0.320 e. The van der Waals surface area contributed by atoms with Gasteiger partial charge in [0, 0.05) is 12.6 Å². The van der Waals surface area contributed by atoms with Gasteiger partial charge in [-0.3, -0.25) is 9.59 Å². The van der Waals surface area contributed by atoms with E-state index in [0.717, 1.165) is 15.8 Å². The van der Waals surface area contributed by atoms with E-state index >= 15 is 0 Å². The highest BCUT2D eigenvalue weighted by Crippen LogP contribution is 2.25. The van der Waals surface area contributed by atoms with Crippen LogP contribution >= 0.6 is 15.9 Å². The number of aliphatic carboxylic acids is 1. The maximum absolute atomic E-state index is 11.7. The van der Waals surface area contributed by atoms with E-state index in [2.05, 4.69) is 21.2 Å². The van der Waals surface area contributed by atoms with Crippen LogP contribution in [0.3, 0.4) is 0 Å². The average Bonchev–Trinajstić information content (AvgIpc) is 2.52. The number of halogens is 1. The molecule has 0 saturated carbocycles. The zero-order valence-electron chi connectivity index (χ0n) is 12.9. The molecule has 0 bridgehead atoms. The monoisotopic (exact) mass is 384 g/mol. The van der Waals surface area contributed by atoms with Gasteiger partial charge in [-0.25, -0.2) is 0 Å². The van der Waals surface area contributed by atoms with Crippen LogP contribution in [0.1, 0.15) is 24.8 Å². The molecule has 1 aromatic rings.